The number of imide groups is 1. The third kappa shape index (κ3) is 4.47. The van der Waals surface area contributed by atoms with Gasteiger partial charge in [0.15, 0.2) is 11.6 Å². The van der Waals surface area contributed by atoms with Crippen LogP contribution < -0.4 is 5.32 Å². The third-order valence-electron chi connectivity index (χ3n) is 5.74. The zero-order valence-corrected chi connectivity index (χ0v) is 18.9. The van der Waals surface area contributed by atoms with E-state index in [1.807, 2.05) is 5.38 Å². The standard InChI is InChI=1S/C25H18F2N4O3S/c26-20-6-5-14(8-21(20)27)7-17(12-31-24(33)18-3-1-2-4-19(18)25(31)34)30-23(32)22-9-15(13-35-22)16-10-28-29-11-16/h1-6,8-11,13,17H,7,12H2,(H,28,29)(H,30,32)/t17-/m0/s1. The fourth-order valence-corrected chi connectivity index (χ4v) is 4.83. The molecule has 0 saturated heterocycles. The summed E-state index contributed by atoms with van der Waals surface area (Å²) >= 11 is 1.23. The van der Waals surface area contributed by atoms with Crippen molar-refractivity contribution in [3.05, 3.63) is 99.5 Å². The molecule has 1 atom stereocenters. The van der Waals surface area contributed by atoms with Gasteiger partial charge in [0.1, 0.15) is 0 Å². The maximum Gasteiger partial charge on any atom is 0.261 e. The molecule has 0 aliphatic carbocycles. The van der Waals surface area contributed by atoms with Crippen LogP contribution in [0.25, 0.3) is 11.1 Å². The molecule has 0 unspecified atom stereocenters. The molecule has 0 spiro atoms. The first-order chi connectivity index (χ1) is 16.9. The number of aromatic nitrogens is 2. The van der Waals surface area contributed by atoms with Gasteiger partial charge in [-0.15, -0.1) is 11.3 Å². The SMILES string of the molecule is O=C(N[C@@H](Cc1ccc(F)c(F)c1)CN1C(=O)c2ccccc2C1=O)c1cc(-c2cn[nH]c2)cs1. The summed E-state index contributed by atoms with van der Waals surface area (Å²) in [5, 5.41) is 11.3. The van der Waals surface area contributed by atoms with Gasteiger partial charge in [0.05, 0.1) is 28.2 Å². The van der Waals surface area contributed by atoms with E-state index >= 15 is 0 Å². The minimum atomic E-state index is -1.02. The van der Waals surface area contributed by atoms with Crippen molar-refractivity contribution in [2.24, 2.45) is 0 Å². The minimum Gasteiger partial charge on any atom is -0.346 e. The molecule has 2 N–H and O–H groups in total. The number of H-pyrrole nitrogens is 1. The summed E-state index contributed by atoms with van der Waals surface area (Å²) in [5.74, 6) is -3.34. The number of amides is 3. The summed E-state index contributed by atoms with van der Waals surface area (Å²) in [6.45, 7) is -0.128. The third-order valence-corrected chi connectivity index (χ3v) is 6.67. The lowest BCUT2D eigenvalue weighted by Gasteiger charge is -2.24. The average Bonchev–Trinajstić information content (AvgIpc) is 3.59. The first-order valence-corrected chi connectivity index (χ1v) is 11.6. The van der Waals surface area contributed by atoms with E-state index in [9.17, 15) is 23.2 Å². The highest BCUT2D eigenvalue weighted by molar-refractivity contribution is 7.12. The number of hydrogen-bond donors (Lipinski definition) is 2. The van der Waals surface area contributed by atoms with E-state index in [0.717, 1.165) is 28.2 Å². The Morgan fingerprint density at radius 3 is 2.43 bits per heavy atom. The predicted octanol–water partition coefficient (Wildman–Crippen LogP) is 4.05. The van der Waals surface area contributed by atoms with Crippen molar-refractivity contribution in [3.8, 4) is 11.1 Å². The monoisotopic (exact) mass is 492 g/mol. The lowest BCUT2D eigenvalue weighted by Crippen LogP contribution is -2.46. The van der Waals surface area contributed by atoms with Gasteiger partial charge < -0.3 is 5.32 Å². The number of carbonyl (C=O) groups excluding carboxylic acids is 3. The van der Waals surface area contributed by atoms with Crippen LogP contribution in [0.3, 0.4) is 0 Å². The number of carbonyl (C=O) groups is 3. The van der Waals surface area contributed by atoms with E-state index in [2.05, 4.69) is 15.5 Å². The van der Waals surface area contributed by atoms with Crippen LogP contribution >= 0.6 is 11.3 Å². The lowest BCUT2D eigenvalue weighted by atomic mass is 10.0. The van der Waals surface area contributed by atoms with E-state index in [4.69, 9.17) is 0 Å². The Balaban J connectivity index is 1.39. The van der Waals surface area contributed by atoms with Gasteiger partial charge in [-0.05, 0) is 53.3 Å². The molecule has 0 fully saturated rings. The number of nitrogens with zero attached hydrogens (tertiary/aromatic N) is 2. The number of nitrogens with one attached hydrogen (secondary N) is 2. The number of thiophene rings is 1. The Bertz CT molecular complexity index is 1400. The predicted molar refractivity (Wildman–Crippen MR) is 125 cm³/mol. The normalized spacial score (nSPS) is 13.7. The molecule has 4 aromatic rings. The number of aromatic amines is 1. The van der Waals surface area contributed by atoms with Crippen molar-refractivity contribution < 1.29 is 23.2 Å². The summed E-state index contributed by atoms with van der Waals surface area (Å²) in [6.07, 6.45) is 3.42. The summed E-state index contributed by atoms with van der Waals surface area (Å²) in [6, 6.07) is 10.9. The zero-order chi connectivity index (χ0) is 24.5. The van der Waals surface area contributed by atoms with Crippen molar-refractivity contribution in [2.75, 3.05) is 6.54 Å². The molecule has 1 aliphatic rings. The average molecular weight is 493 g/mol. The quantitative estimate of drug-likeness (QED) is 0.381. The maximum atomic E-state index is 13.8. The first kappa shape index (κ1) is 22.6. The molecule has 5 rings (SSSR count). The summed E-state index contributed by atoms with van der Waals surface area (Å²) in [5.41, 5.74) is 2.63. The van der Waals surface area contributed by atoms with Gasteiger partial charge in [0.2, 0.25) is 0 Å². The van der Waals surface area contributed by atoms with E-state index < -0.39 is 35.4 Å². The largest absolute Gasteiger partial charge is 0.346 e. The van der Waals surface area contributed by atoms with Crippen LogP contribution in [-0.4, -0.2) is 45.4 Å². The fourth-order valence-electron chi connectivity index (χ4n) is 4.01. The molecule has 2 aromatic carbocycles. The molecule has 0 saturated carbocycles. The molecule has 0 radical (unpaired) electrons. The van der Waals surface area contributed by atoms with Crippen molar-refractivity contribution in [3.63, 3.8) is 0 Å². The maximum absolute atomic E-state index is 13.8. The second-order valence-electron chi connectivity index (χ2n) is 8.08. The molecular formula is C25H18F2N4O3S. The molecule has 10 heteroatoms. The number of rotatable bonds is 7. The van der Waals surface area contributed by atoms with E-state index in [-0.39, 0.29) is 13.0 Å². The van der Waals surface area contributed by atoms with E-state index in [1.54, 1.807) is 42.7 Å². The highest BCUT2D eigenvalue weighted by Crippen LogP contribution is 2.26. The van der Waals surface area contributed by atoms with Gasteiger partial charge in [-0.1, -0.05) is 18.2 Å². The zero-order valence-electron chi connectivity index (χ0n) is 18.1. The Morgan fingerprint density at radius 1 is 1.03 bits per heavy atom. The van der Waals surface area contributed by atoms with E-state index in [0.29, 0.717) is 21.6 Å². The number of benzene rings is 2. The van der Waals surface area contributed by atoms with Crippen molar-refractivity contribution in [1.82, 2.24) is 20.4 Å². The molecule has 1 aliphatic heterocycles. The number of halogens is 2. The molecule has 0 bridgehead atoms. The molecular weight excluding hydrogens is 474 g/mol. The Hall–Kier alpha value is -4.18. The molecule has 35 heavy (non-hydrogen) atoms. The van der Waals surface area contributed by atoms with Gasteiger partial charge in [-0.2, -0.15) is 5.10 Å². The van der Waals surface area contributed by atoms with Gasteiger partial charge in [-0.25, -0.2) is 8.78 Å². The smallest absolute Gasteiger partial charge is 0.261 e. The fraction of sp³-hybridized carbons (Fsp3) is 0.120. The van der Waals surface area contributed by atoms with Gasteiger partial charge in [-0.3, -0.25) is 24.4 Å². The summed E-state index contributed by atoms with van der Waals surface area (Å²) in [4.78, 5) is 40.3. The molecule has 7 nitrogen and oxygen atoms in total. The van der Waals surface area contributed by atoms with E-state index in [1.165, 1.54) is 17.4 Å². The lowest BCUT2D eigenvalue weighted by molar-refractivity contribution is 0.0629. The number of fused-ring (bicyclic) bond motifs is 1. The van der Waals surface area contributed by atoms with Crippen LogP contribution in [-0.2, 0) is 6.42 Å². The van der Waals surface area contributed by atoms with Crippen LogP contribution in [0.4, 0.5) is 8.78 Å². The van der Waals surface area contributed by atoms with Crippen LogP contribution in [0.2, 0.25) is 0 Å². The Labute approximate surface area is 202 Å². The highest BCUT2D eigenvalue weighted by atomic mass is 32.1. The van der Waals surface area contributed by atoms with Crippen LogP contribution in [0, 0.1) is 11.6 Å². The van der Waals surface area contributed by atoms with Crippen LogP contribution in [0.15, 0.2) is 66.3 Å². The minimum absolute atomic E-state index is 0.0797. The Morgan fingerprint density at radius 2 is 1.77 bits per heavy atom. The van der Waals surface area contributed by atoms with Gasteiger partial charge in [0.25, 0.3) is 17.7 Å². The summed E-state index contributed by atoms with van der Waals surface area (Å²) in [7, 11) is 0. The second kappa shape index (κ2) is 9.22. The van der Waals surface area contributed by atoms with Gasteiger partial charge in [0, 0.05) is 18.3 Å². The topological polar surface area (TPSA) is 95.2 Å². The Kier molecular flexibility index (Phi) is 5.96. The van der Waals surface area contributed by atoms with Crippen LogP contribution in [0.1, 0.15) is 36.0 Å². The second-order valence-corrected chi connectivity index (χ2v) is 8.99. The van der Waals surface area contributed by atoms with Crippen LogP contribution in [0.5, 0.6) is 0 Å². The highest BCUT2D eigenvalue weighted by Gasteiger charge is 2.36. The van der Waals surface area contributed by atoms with Crippen molar-refractivity contribution in [2.45, 2.75) is 12.5 Å². The molecule has 3 heterocycles. The number of hydrogen-bond acceptors (Lipinski definition) is 5. The van der Waals surface area contributed by atoms with Crippen molar-refractivity contribution >= 4 is 29.1 Å². The summed E-state index contributed by atoms with van der Waals surface area (Å²) < 4.78 is 27.2. The molecule has 3 amide bonds. The molecule has 2 aromatic heterocycles. The first-order valence-electron chi connectivity index (χ1n) is 10.7. The van der Waals surface area contributed by atoms with Crippen molar-refractivity contribution in [1.29, 1.82) is 0 Å². The van der Waals surface area contributed by atoms with Gasteiger partial charge >= 0.3 is 0 Å². The molecule has 176 valence electrons.